The van der Waals surface area contributed by atoms with Gasteiger partial charge in [-0.2, -0.15) is 0 Å². The molecule has 4 nitrogen and oxygen atoms in total. The minimum Gasteiger partial charge on any atom is -0.494 e. The summed E-state index contributed by atoms with van der Waals surface area (Å²) in [6, 6.07) is 7.57. The molecule has 0 radical (unpaired) electrons. The number of hydrogen-bond donors (Lipinski definition) is 2. The number of aliphatic hydroxyl groups is 1. The molecule has 1 aromatic carbocycles. The van der Waals surface area contributed by atoms with Gasteiger partial charge in [0.1, 0.15) is 5.75 Å². The zero-order chi connectivity index (χ0) is 15.1. The maximum Gasteiger partial charge on any atom is 0.224 e. The topological polar surface area (TPSA) is 58.6 Å². The number of hydrogen-bond acceptors (Lipinski definition) is 3. The first-order valence-electron chi connectivity index (χ1n) is 7.85. The lowest BCUT2D eigenvalue weighted by Gasteiger charge is -2.18. The zero-order valence-corrected chi connectivity index (χ0v) is 12.7. The summed E-state index contributed by atoms with van der Waals surface area (Å²) in [5, 5.41) is 12.9. The van der Waals surface area contributed by atoms with Crippen molar-refractivity contribution in [3.8, 4) is 5.75 Å². The summed E-state index contributed by atoms with van der Waals surface area (Å²) >= 11 is 0. The Labute approximate surface area is 126 Å². The van der Waals surface area contributed by atoms with Crippen molar-refractivity contribution in [2.75, 3.05) is 13.2 Å². The Hall–Kier alpha value is -1.55. The van der Waals surface area contributed by atoms with Crippen LogP contribution in [-0.2, 0) is 11.2 Å². The number of carbonyl (C=O) groups excluding carboxylic acids is 1. The van der Waals surface area contributed by atoms with Crippen LogP contribution < -0.4 is 10.1 Å². The highest BCUT2D eigenvalue weighted by Gasteiger charge is 2.23. The van der Waals surface area contributed by atoms with Gasteiger partial charge in [-0.1, -0.05) is 25.0 Å². The Kier molecular flexibility index (Phi) is 6.05. The second-order valence-corrected chi connectivity index (χ2v) is 5.67. The molecule has 0 saturated heterocycles. The Morgan fingerprint density at radius 1 is 1.43 bits per heavy atom. The van der Waals surface area contributed by atoms with E-state index in [0.29, 0.717) is 25.5 Å². The van der Waals surface area contributed by atoms with Gasteiger partial charge in [-0.25, -0.2) is 0 Å². The van der Waals surface area contributed by atoms with Crippen LogP contribution in [0, 0.1) is 5.92 Å². The Balaban J connectivity index is 1.77. The van der Waals surface area contributed by atoms with Crippen LogP contribution in [0.25, 0.3) is 0 Å². The van der Waals surface area contributed by atoms with Crippen molar-refractivity contribution in [1.29, 1.82) is 0 Å². The van der Waals surface area contributed by atoms with Gasteiger partial charge in [0, 0.05) is 6.54 Å². The molecule has 1 aromatic rings. The molecule has 0 heterocycles. The van der Waals surface area contributed by atoms with Crippen molar-refractivity contribution >= 4 is 5.91 Å². The molecule has 1 fully saturated rings. The minimum absolute atomic E-state index is 0.0549. The van der Waals surface area contributed by atoms with Gasteiger partial charge in [0.2, 0.25) is 5.91 Å². The van der Waals surface area contributed by atoms with Crippen LogP contribution >= 0.6 is 0 Å². The monoisotopic (exact) mass is 291 g/mol. The Morgan fingerprint density at radius 3 is 2.90 bits per heavy atom. The highest BCUT2D eigenvalue weighted by atomic mass is 16.5. The molecular weight excluding hydrogens is 266 g/mol. The third kappa shape index (κ3) is 5.05. The molecule has 1 atom stereocenters. The van der Waals surface area contributed by atoms with Crippen molar-refractivity contribution in [2.45, 2.75) is 45.1 Å². The molecule has 1 aliphatic rings. The Morgan fingerprint density at radius 2 is 2.19 bits per heavy atom. The smallest absolute Gasteiger partial charge is 0.224 e. The average molecular weight is 291 g/mol. The average Bonchev–Trinajstić information content (AvgIpc) is 3.00. The third-order valence-corrected chi connectivity index (χ3v) is 4.03. The van der Waals surface area contributed by atoms with Crippen molar-refractivity contribution < 1.29 is 14.6 Å². The molecule has 4 heteroatoms. The number of ether oxygens (including phenoxy) is 1. The van der Waals surface area contributed by atoms with Crippen LogP contribution in [-0.4, -0.2) is 30.3 Å². The van der Waals surface area contributed by atoms with E-state index >= 15 is 0 Å². The quantitative estimate of drug-likeness (QED) is 0.810. The summed E-state index contributed by atoms with van der Waals surface area (Å²) in [5.41, 5.74) is 0.925. The number of benzene rings is 1. The lowest BCUT2D eigenvalue weighted by molar-refractivity contribution is -0.121. The van der Waals surface area contributed by atoms with Gasteiger partial charge in [0.05, 0.1) is 19.1 Å². The summed E-state index contributed by atoms with van der Waals surface area (Å²) in [7, 11) is 0. The highest BCUT2D eigenvalue weighted by molar-refractivity contribution is 5.78. The van der Waals surface area contributed by atoms with Gasteiger partial charge < -0.3 is 15.2 Å². The molecule has 2 N–H and O–H groups in total. The molecule has 0 aliphatic heterocycles. The van der Waals surface area contributed by atoms with Crippen molar-refractivity contribution in [2.24, 2.45) is 5.92 Å². The van der Waals surface area contributed by atoms with Crippen LogP contribution in [0.2, 0.25) is 0 Å². The maximum atomic E-state index is 11.9. The van der Waals surface area contributed by atoms with E-state index in [-0.39, 0.29) is 5.91 Å². The number of rotatable bonds is 7. The van der Waals surface area contributed by atoms with Gasteiger partial charge in [-0.05, 0) is 43.4 Å². The first-order chi connectivity index (χ1) is 10.2. The molecular formula is C17H25NO3. The van der Waals surface area contributed by atoms with Gasteiger partial charge in [-0.3, -0.25) is 4.79 Å². The molecule has 0 spiro atoms. The summed E-state index contributed by atoms with van der Waals surface area (Å²) in [6.07, 6.45) is 4.45. The normalized spacial score (nSPS) is 16.7. The van der Waals surface area contributed by atoms with E-state index in [9.17, 15) is 9.90 Å². The summed E-state index contributed by atoms with van der Waals surface area (Å²) < 4.78 is 5.42. The van der Waals surface area contributed by atoms with Crippen molar-refractivity contribution in [3.63, 3.8) is 0 Å². The van der Waals surface area contributed by atoms with E-state index in [0.717, 1.165) is 24.2 Å². The van der Waals surface area contributed by atoms with E-state index in [1.165, 1.54) is 12.8 Å². The summed E-state index contributed by atoms with van der Waals surface area (Å²) in [4.78, 5) is 11.9. The summed E-state index contributed by atoms with van der Waals surface area (Å²) in [5.74, 6) is 1.08. The zero-order valence-electron chi connectivity index (χ0n) is 12.7. The number of nitrogens with one attached hydrogen (secondary N) is 1. The van der Waals surface area contributed by atoms with E-state index in [1.807, 2.05) is 31.2 Å². The van der Waals surface area contributed by atoms with Crippen LogP contribution in [0.3, 0.4) is 0 Å². The molecule has 0 aromatic heterocycles. The number of aliphatic hydroxyl groups excluding tert-OH is 1. The van der Waals surface area contributed by atoms with Gasteiger partial charge in [-0.15, -0.1) is 0 Å². The standard InChI is InChI=1S/C17H25NO3/c1-2-21-15-9-5-6-13(10-15)11-17(20)18-12-16(19)14-7-3-4-8-14/h5-6,9-10,14,16,19H,2-4,7-8,11-12H2,1H3,(H,18,20). The molecule has 1 aliphatic carbocycles. The number of carbonyl (C=O) groups is 1. The SMILES string of the molecule is CCOc1cccc(CC(=O)NCC(O)C2CCCC2)c1. The lowest BCUT2D eigenvalue weighted by Crippen LogP contribution is -2.36. The molecule has 0 bridgehead atoms. The van der Waals surface area contributed by atoms with Crippen LogP contribution in [0.15, 0.2) is 24.3 Å². The Bertz CT molecular complexity index is 455. The predicted octanol–water partition coefficient (Wildman–Crippen LogP) is 2.30. The largest absolute Gasteiger partial charge is 0.494 e. The van der Waals surface area contributed by atoms with Gasteiger partial charge >= 0.3 is 0 Å². The minimum atomic E-state index is -0.411. The van der Waals surface area contributed by atoms with E-state index in [2.05, 4.69) is 5.32 Å². The molecule has 21 heavy (non-hydrogen) atoms. The number of amides is 1. The summed E-state index contributed by atoms with van der Waals surface area (Å²) in [6.45, 7) is 2.90. The second kappa shape index (κ2) is 8.03. The highest BCUT2D eigenvalue weighted by Crippen LogP contribution is 2.27. The fourth-order valence-electron chi connectivity index (χ4n) is 2.89. The van der Waals surface area contributed by atoms with Crippen LogP contribution in [0.5, 0.6) is 5.75 Å². The molecule has 1 amide bonds. The third-order valence-electron chi connectivity index (χ3n) is 4.03. The predicted molar refractivity (Wildman–Crippen MR) is 82.3 cm³/mol. The molecule has 2 rings (SSSR count). The van der Waals surface area contributed by atoms with E-state index in [4.69, 9.17) is 4.74 Å². The molecule has 1 saturated carbocycles. The van der Waals surface area contributed by atoms with Crippen LogP contribution in [0.4, 0.5) is 0 Å². The lowest BCUT2D eigenvalue weighted by atomic mass is 10.0. The first kappa shape index (κ1) is 15.8. The second-order valence-electron chi connectivity index (χ2n) is 5.67. The van der Waals surface area contributed by atoms with E-state index in [1.54, 1.807) is 0 Å². The fraction of sp³-hybridized carbons (Fsp3) is 0.588. The van der Waals surface area contributed by atoms with Crippen molar-refractivity contribution in [3.05, 3.63) is 29.8 Å². The van der Waals surface area contributed by atoms with Gasteiger partial charge in [0.15, 0.2) is 0 Å². The molecule has 1 unspecified atom stereocenters. The van der Waals surface area contributed by atoms with E-state index < -0.39 is 6.10 Å². The fourth-order valence-corrected chi connectivity index (χ4v) is 2.89. The van der Waals surface area contributed by atoms with Crippen LogP contribution in [0.1, 0.15) is 38.2 Å². The molecule has 116 valence electrons. The maximum absolute atomic E-state index is 11.9. The van der Waals surface area contributed by atoms with Gasteiger partial charge in [0.25, 0.3) is 0 Å². The first-order valence-corrected chi connectivity index (χ1v) is 7.85. The van der Waals surface area contributed by atoms with Crippen molar-refractivity contribution in [1.82, 2.24) is 5.32 Å².